The zero-order chi connectivity index (χ0) is 14.7. The van der Waals surface area contributed by atoms with Crippen LogP contribution in [0, 0.1) is 0 Å². The monoisotopic (exact) mass is 409 g/mol. The molecule has 0 aromatic heterocycles. The second kappa shape index (κ2) is 7.49. The van der Waals surface area contributed by atoms with E-state index in [-0.39, 0.29) is 30.0 Å². The summed E-state index contributed by atoms with van der Waals surface area (Å²) >= 11 is 0. The lowest BCUT2D eigenvalue weighted by atomic mass is 10.1. The molecule has 2 aromatic rings. The van der Waals surface area contributed by atoms with Gasteiger partial charge in [-0.1, -0.05) is 42.5 Å². The minimum absolute atomic E-state index is 0. The third-order valence-electron chi connectivity index (χ3n) is 3.65. The van der Waals surface area contributed by atoms with E-state index in [1.54, 1.807) is 12.1 Å². The largest absolute Gasteiger partial charge is 0.508 e. The van der Waals surface area contributed by atoms with Gasteiger partial charge in [-0.25, -0.2) is 0 Å². The van der Waals surface area contributed by atoms with Crippen molar-refractivity contribution in [1.82, 2.24) is 10.2 Å². The molecule has 116 valence electrons. The average molecular weight is 409 g/mol. The summed E-state index contributed by atoms with van der Waals surface area (Å²) < 4.78 is 0. The lowest BCUT2D eigenvalue weighted by Crippen LogP contribution is -2.36. The fraction of sp³-hybridized carbons (Fsp3) is 0.235. The number of aliphatic imine (C=N–C) groups is 1. The molecule has 1 atom stereocenters. The van der Waals surface area contributed by atoms with E-state index < -0.39 is 0 Å². The van der Waals surface area contributed by atoms with Crippen LogP contribution >= 0.6 is 24.0 Å². The van der Waals surface area contributed by atoms with Crippen LogP contribution < -0.4 is 5.32 Å². The van der Waals surface area contributed by atoms with Gasteiger partial charge in [0.25, 0.3) is 0 Å². The molecule has 2 N–H and O–H groups in total. The van der Waals surface area contributed by atoms with Gasteiger partial charge in [0.15, 0.2) is 5.96 Å². The normalized spacial score (nSPS) is 16.4. The van der Waals surface area contributed by atoms with Crippen molar-refractivity contribution < 1.29 is 5.11 Å². The summed E-state index contributed by atoms with van der Waals surface area (Å²) in [5, 5.41) is 12.8. The van der Waals surface area contributed by atoms with E-state index in [2.05, 4.69) is 39.5 Å². The maximum absolute atomic E-state index is 9.31. The Morgan fingerprint density at radius 3 is 2.50 bits per heavy atom. The van der Waals surface area contributed by atoms with Crippen LogP contribution in [0.3, 0.4) is 0 Å². The predicted molar refractivity (Wildman–Crippen MR) is 99.6 cm³/mol. The Bertz CT molecular complexity index is 628. The van der Waals surface area contributed by atoms with Crippen molar-refractivity contribution in [2.75, 3.05) is 13.6 Å². The van der Waals surface area contributed by atoms with Crippen molar-refractivity contribution in [2.45, 2.75) is 12.6 Å². The van der Waals surface area contributed by atoms with Crippen LogP contribution in [0.1, 0.15) is 17.2 Å². The summed E-state index contributed by atoms with van der Waals surface area (Å²) in [4.78, 5) is 6.68. The summed E-state index contributed by atoms with van der Waals surface area (Å²) in [6.45, 7) is 1.52. The smallest absolute Gasteiger partial charge is 0.194 e. The summed E-state index contributed by atoms with van der Waals surface area (Å²) in [6, 6.07) is 17.9. The van der Waals surface area contributed by atoms with Crippen LogP contribution in [-0.4, -0.2) is 29.6 Å². The van der Waals surface area contributed by atoms with E-state index in [4.69, 9.17) is 0 Å². The number of benzene rings is 2. The number of rotatable bonds is 3. The molecule has 2 aromatic carbocycles. The Morgan fingerprint density at radius 2 is 1.82 bits per heavy atom. The molecule has 1 unspecified atom stereocenters. The fourth-order valence-electron chi connectivity index (χ4n) is 2.48. The Kier molecular flexibility index (Phi) is 5.65. The molecule has 0 amide bonds. The van der Waals surface area contributed by atoms with Gasteiger partial charge in [-0.15, -0.1) is 24.0 Å². The van der Waals surface area contributed by atoms with E-state index in [0.29, 0.717) is 5.75 Å². The number of guanidine groups is 1. The minimum atomic E-state index is 0. The molecule has 22 heavy (non-hydrogen) atoms. The van der Waals surface area contributed by atoms with Crippen molar-refractivity contribution in [2.24, 2.45) is 4.99 Å². The molecule has 1 aliphatic rings. The van der Waals surface area contributed by atoms with E-state index >= 15 is 0 Å². The van der Waals surface area contributed by atoms with Gasteiger partial charge in [0.2, 0.25) is 0 Å². The van der Waals surface area contributed by atoms with E-state index in [1.165, 1.54) is 5.56 Å². The number of nitrogens with one attached hydrogen (secondary N) is 1. The van der Waals surface area contributed by atoms with Gasteiger partial charge in [-0.05, 0) is 23.3 Å². The Morgan fingerprint density at radius 1 is 1.14 bits per heavy atom. The first kappa shape index (κ1) is 16.6. The second-order valence-electron chi connectivity index (χ2n) is 5.29. The molecule has 0 fully saturated rings. The second-order valence-corrected chi connectivity index (χ2v) is 5.29. The van der Waals surface area contributed by atoms with Gasteiger partial charge in [-0.3, -0.25) is 4.99 Å². The third-order valence-corrected chi connectivity index (χ3v) is 3.65. The topological polar surface area (TPSA) is 47.9 Å². The Balaban J connectivity index is 0.00000176. The minimum Gasteiger partial charge on any atom is -0.508 e. The number of nitrogens with zero attached hydrogens (tertiary/aromatic N) is 2. The molecule has 0 saturated carbocycles. The highest BCUT2D eigenvalue weighted by Crippen LogP contribution is 2.18. The van der Waals surface area contributed by atoms with Crippen LogP contribution in [-0.2, 0) is 6.54 Å². The molecule has 3 rings (SSSR count). The Hall–Kier alpha value is -1.76. The van der Waals surface area contributed by atoms with Crippen LogP contribution in [0.4, 0.5) is 0 Å². The number of hydrogen-bond donors (Lipinski definition) is 2. The van der Waals surface area contributed by atoms with Gasteiger partial charge in [0, 0.05) is 13.6 Å². The third kappa shape index (κ3) is 3.91. The first-order valence-electron chi connectivity index (χ1n) is 7.07. The first-order chi connectivity index (χ1) is 10.2. The van der Waals surface area contributed by atoms with Gasteiger partial charge in [0.1, 0.15) is 5.75 Å². The number of phenolic OH excluding ortho intramolecular Hbond substituents is 1. The SMILES string of the molecule is CN(Cc1ccc(O)cc1)C1=NCC(c2ccccc2)N1.I. The lowest BCUT2D eigenvalue weighted by molar-refractivity contribution is 0.469. The Labute approximate surface area is 147 Å². The number of phenols is 1. The molecule has 1 heterocycles. The van der Waals surface area contributed by atoms with Crippen LogP contribution in [0.25, 0.3) is 0 Å². The van der Waals surface area contributed by atoms with Crippen molar-refractivity contribution in [3.05, 3.63) is 65.7 Å². The highest BCUT2D eigenvalue weighted by molar-refractivity contribution is 14.0. The highest BCUT2D eigenvalue weighted by Gasteiger charge is 2.21. The molecule has 4 nitrogen and oxygen atoms in total. The molecule has 0 radical (unpaired) electrons. The maximum Gasteiger partial charge on any atom is 0.194 e. The summed E-state index contributed by atoms with van der Waals surface area (Å²) in [7, 11) is 2.02. The maximum atomic E-state index is 9.31. The quantitative estimate of drug-likeness (QED) is 0.766. The molecule has 5 heteroatoms. The van der Waals surface area contributed by atoms with Crippen molar-refractivity contribution in [1.29, 1.82) is 0 Å². The summed E-state index contributed by atoms with van der Waals surface area (Å²) in [5.41, 5.74) is 2.40. The molecular formula is C17H20IN3O. The van der Waals surface area contributed by atoms with Crippen molar-refractivity contribution in [3.63, 3.8) is 0 Å². The van der Waals surface area contributed by atoms with E-state index in [1.807, 2.05) is 25.2 Å². The zero-order valence-corrected chi connectivity index (χ0v) is 14.8. The molecular weight excluding hydrogens is 389 g/mol. The van der Waals surface area contributed by atoms with Crippen LogP contribution in [0.15, 0.2) is 59.6 Å². The highest BCUT2D eigenvalue weighted by atomic mass is 127. The van der Waals surface area contributed by atoms with Gasteiger partial charge >= 0.3 is 0 Å². The number of halogens is 1. The predicted octanol–water partition coefficient (Wildman–Crippen LogP) is 3.14. The molecule has 0 spiro atoms. The van der Waals surface area contributed by atoms with Crippen molar-refractivity contribution in [3.8, 4) is 5.75 Å². The molecule has 0 bridgehead atoms. The molecule has 0 aliphatic carbocycles. The summed E-state index contributed by atoms with van der Waals surface area (Å²) in [5.74, 6) is 1.21. The van der Waals surface area contributed by atoms with E-state index in [0.717, 1.165) is 24.6 Å². The van der Waals surface area contributed by atoms with Gasteiger partial charge < -0.3 is 15.3 Å². The fourth-order valence-corrected chi connectivity index (χ4v) is 2.48. The first-order valence-corrected chi connectivity index (χ1v) is 7.07. The molecule has 0 saturated heterocycles. The van der Waals surface area contributed by atoms with Crippen LogP contribution in [0.2, 0.25) is 0 Å². The standard InChI is InChI=1S/C17H19N3O.HI/c1-20(12-13-7-9-15(21)10-8-13)17-18-11-16(19-17)14-5-3-2-4-6-14;/h2-10,16,21H,11-12H2,1H3,(H,18,19);1H. The average Bonchev–Trinajstić information content (AvgIpc) is 3.00. The van der Waals surface area contributed by atoms with Crippen molar-refractivity contribution >= 4 is 29.9 Å². The van der Waals surface area contributed by atoms with Crippen LogP contribution in [0.5, 0.6) is 5.75 Å². The summed E-state index contributed by atoms with van der Waals surface area (Å²) in [6.07, 6.45) is 0. The molecule has 1 aliphatic heterocycles. The van der Waals surface area contributed by atoms with Gasteiger partial charge in [0.05, 0.1) is 12.6 Å². The number of hydrogen-bond acceptors (Lipinski definition) is 4. The van der Waals surface area contributed by atoms with E-state index in [9.17, 15) is 5.11 Å². The lowest BCUT2D eigenvalue weighted by Gasteiger charge is -2.21. The number of aromatic hydroxyl groups is 1. The van der Waals surface area contributed by atoms with Gasteiger partial charge in [-0.2, -0.15) is 0 Å². The zero-order valence-electron chi connectivity index (χ0n) is 12.4.